The fourth-order valence-electron chi connectivity index (χ4n) is 4.50. The summed E-state index contributed by atoms with van der Waals surface area (Å²) in [6.07, 6.45) is 5.57. The van der Waals surface area contributed by atoms with Crippen molar-refractivity contribution in [3.05, 3.63) is 42.0 Å². The van der Waals surface area contributed by atoms with Gasteiger partial charge in [0.1, 0.15) is 11.9 Å². The molecule has 0 bridgehead atoms. The van der Waals surface area contributed by atoms with Crippen LogP contribution in [0.3, 0.4) is 0 Å². The van der Waals surface area contributed by atoms with E-state index in [1.165, 1.54) is 29.2 Å². The summed E-state index contributed by atoms with van der Waals surface area (Å²) < 4.78 is 6.22. The topological polar surface area (TPSA) is 49.8 Å². The zero-order chi connectivity index (χ0) is 18.8. The molecule has 0 unspecified atom stereocenters. The molecule has 1 aliphatic carbocycles. The van der Waals surface area contributed by atoms with Crippen molar-refractivity contribution in [2.45, 2.75) is 51.7 Å². The molecule has 2 aromatic carbocycles. The first-order valence-electron chi connectivity index (χ1n) is 10.2. The van der Waals surface area contributed by atoms with Gasteiger partial charge in [0, 0.05) is 6.54 Å². The van der Waals surface area contributed by atoms with Crippen LogP contribution in [-0.4, -0.2) is 35.2 Å². The van der Waals surface area contributed by atoms with E-state index in [0.29, 0.717) is 12.0 Å². The SMILES string of the molecule is C[C@@H]1CCC[C@@H]1Oc1ccc2cc(CN3CCC(C(=O)O)CC3)ccc2c1. The Morgan fingerprint density at radius 2 is 1.81 bits per heavy atom. The van der Waals surface area contributed by atoms with Gasteiger partial charge >= 0.3 is 5.97 Å². The highest BCUT2D eigenvalue weighted by atomic mass is 16.5. The first kappa shape index (κ1) is 18.3. The number of piperidine rings is 1. The Hall–Kier alpha value is -2.07. The van der Waals surface area contributed by atoms with Crippen LogP contribution in [0.1, 0.15) is 44.6 Å². The average molecular weight is 367 g/mol. The quantitative estimate of drug-likeness (QED) is 0.832. The Labute approximate surface area is 161 Å². The standard InChI is InChI=1S/C23H29NO3/c1-16-3-2-4-22(16)27-21-8-7-19-13-17(5-6-20(19)14-21)15-24-11-9-18(10-12-24)23(25)26/h5-8,13-14,16,18,22H,2-4,9-12,15H2,1H3,(H,25,26)/t16-,22+/m1/s1. The fourth-order valence-corrected chi connectivity index (χ4v) is 4.50. The maximum Gasteiger partial charge on any atom is 0.306 e. The van der Waals surface area contributed by atoms with Crippen molar-refractivity contribution in [2.24, 2.45) is 11.8 Å². The first-order chi connectivity index (χ1) is 13.1. The number of hydrogen-bond donors (Lipinski definition) is 1. The number of carboxylic acid groups (broad SMARTS) is 1. The van der Waals surface area contributed by atoms with E-state index in [1.54, 1.807) is 0 Å². The van der Waals surface area contributed by atoms with Crippen molar-refractivity contribution in [3.8, 4) is 5.75 Å². The largest absolute Gasteiger partial charge is 0.490 e. The van der Waals surface area contributed by atoms with Gasteiger partial charge in [0.15, 0.2) is 0 Å². The van der Waals surface area contributed by atoms with Crippen LogP contribution in [0.2, 0.25) is 0 Å². The van der Waals surface area contributed by atoms with Crippen molar-refractivity contribution in [1.29, 1.82) is 0 Å². The lowest BCUT2D eigenvalue weighted by atomic mass is 9.96. The third-order valence-corrected chi connectivity index (χ3v) is 6.29. The van der Waals surface area contributed by atoms with Crippen molar-refractivity contribution in [3.63, 3.8) is 0 Å². The number of aliphatic carboxylic acids is 1. The van der Waals surface area contributed by atoms with Gasteiger partial charge < -0.3 is 9.84 Å². The molecule has 1 saturated heterocycles. The second-order valence-corrected chi connectivity index (χ2v) is 8.30. The Balaban J connectivity index is 1.40. The normalized spacial score (nSPS) is 24.3. The molecule has 4 nitrogen and oxygen atoms in total. The molecule has 2 aromatic rings. The number of benzene rings is 2. The van der Waals surface area contributed by atoms with Gasteiger partial charge in [-0.2, -0.15) is 0 Å². The minimum atomic E-state index is -0.648. The Bertz CT molecular complexity index is 810. The van der Waals surface area contributed by atoms with E-state index in [4.69, 9.17) is 9.84 Å². The molecule has 2 aliphatic rings. The lowest BCUT2D eigenvalue weighted by molar-refractivity contribution is -0.143. The number of likely N-dealkylation sites (tertiary alicyclic amines) is 1. The van der Waals surface area contributed by atoms with E-state index < -0.39 is 5.97 Å². The summed E-state index contributed by atoms with van der Waals surface area (Å²) in [5.41, 5.74) is 1.29. The summed E-state index contributed by atoms with van der Waals surface area (Å²) >= 11 is 0. The second-order valence-electron chi connectivity index (χ2n) is 8.30. The lowest BCUT2D eigenvalue weighted by Crippen LogP contribution is -2.35. The molecular formula is C23H29NO3. The molecule has 1 heterocycles. The molecule has 0 amide bonds. The maximum absolute atomic E-state index is 11.1. The zero-order valence-corrected chi connectivity index (χ0v) is 16.1. The van der Waals surface area contributed by atoms with Crippen molar-refractivity contribution in [2.75, 3.05) is 13.1 Å². The summed E-state index contributed by atoms with van der Waals surface area (Å²) in [5, 5.41) is 11.6. The van der Waals surface area contributed by atoms with Crippen molar-refractivity contribution in [1.82, 2.24) is 4.90 Å². The highest BCUT2D eigenvalue weighted by Gasteiger charge is 2.25. The summed E-state index contributed by atoms with van der Waals surface area (Å²) in [4.78, 5) is 13.5. The number of carboxylic acids is 1. The molecule has 27 heavy (non-hydrogen) atoms. The Morgan fingerprint density at radius 1 is 1.07 bits per heavy atom. The fraction of sp³-hybridized carbons (Fsp3) is 0.522. The number of hydrogen-bond acceptors (Lipinski definition) is 3. The van der Waals surface area contributed by atoms with Gasteiger partial charge in [-0.05, 0) is 85.6 Å². The lowest BCUT2D eigenvalue weighted by Gasteiger charge is -2.30. The highest BCUT2D eigenvalue weighted by Crippen LogP contribution is 2.31. The van der Waals surface area contributed by atoms with Gasteiger partial charge in [0.05, 0.1) is 5.92 Å². The van der Waals surface area contributed by atoms with Gasteiger partial charge in [-0.1, -0.05) is 25.1 Å². The monoisotopic (exact) mass is 367 g/mol. The predicted molar refractivity (Wildman–Crippen MR) is 107 cm³/mol. The zero-order valence-electron chi connectivity index (χ0n) is 16.1. The molecule has 4 rings (SSSR count). The number of ether oxygens (including phenoxy) is 1. The molecule has 0 radical (unpaired) electrons. The van der Waals surface area contributed by atoms with E-state index in [0.717, 1.165) is 44.6 Å². The van der Waals surface area contributed by atoms with Gasteiger partial charge in [0.2, 0.25) is 0 Å². The second kappa shape index (κ2) is 7.89. The number of nitrogens with zero attached hydrogens (tertiary/aromatic N) is 1. The smallest absolute Gasteiger partial charge is 0.306 e. The van der Waals surface area contributed by atoms with Crippen LogP contribution < -0.4 is 4.74 Å². The Morgan fingerprint density at radius 3 is 2.52 bits per heavy atom. The van der Waals surface area contributed by atoms with Gasteiger partial charge in [0.25, 0.3) is 0 Å². The van der Waals surface area contributed by atoms with Crippen LogP contribution in [0, 0.1) is 11.8 Å². The van der Waals surface area contributed by atoms with Crippen LogP contribution in [0.25, 0.3) is 10.8 Å². The van der Waals surface area contributed by atoms with Crippen LogP contribution in [0.4, 0.5) is 0 Å². The van der Waals surface area contributed by atoms with Gasteiger partial charge in [-0.3, -0.25) is 9.69 Å². The predicted octanol–water partition coefficient (Wildman–Crippen LogP) is 4.70. The number of rotatable bonds is 5. The van der Waals surface area contributed by atoms with E-state index >= 15 is 0 Å². The summed E-state index contributed by atoms with van der Waals surface area (Å²) in [6, 6.07) is 13.0. The third-order valence-electron chi connectivity index (χ3n) is 6.29. The highest BCUT2D eigenvalue weighted by molar-refractivity contribution is 5.84. The molecule has 1 N–H and O–H groups in total. The van der Waals surface area contributed by atoms with Gasteiger partial charge in [-0.15, -0.1) is 0 Å². The van der Waals surface area contributed by atoms with E-state index in [2.05, 4.69) is 48.2 Å². The van der Waals surface area contributed by atoms with Crippen LogP contribution >= 0.6 is 0 Å². The Kier molecular flexibility index (Phi) is 5.35. The van der Waals surface area contributed by atoms with E-state index in [1.807, 2.05) is 0 Å². The van der Waals surface area contributed by atoms with Crippen LogP contribution in [-0.2, 0) is 11.3 Å². The van der Waals surface area contributed by atoms with Crippen LogP contribution in [0.5, 0.6) is 5.75 Å². The van der Waals surface area contributed by atoms with E-state index in [-0.39, 0.29) is 5.92 Å². The number of fused-ring (bicyclic) bond motifs is 1. The average Bonchev–Trinajstić information content (AvgIpc) is 3.07. The molecule has 1 aliphatic heterocycles. The van der Waals surface area contributed by atoms with Gasteiger partial charge in [-0.25, -0.2) is 0 Å². The molecule has 144 valence electrons. The summed E-state index contributed by atoms with van der Waals surface area (Å²) in [6.45, 7) is 4.90. The molecule has 4 heteroatoms. The van der Waals surface area contributed by atoms with Crippen LogP contribution in [0.15, 0.2) is 36.4 Å². The molecule has 0 spiro atoms. The molecule has 1 saturated carbocycles. The molecule has 2 atom stereocenters. The molecule has 2 fully saturated rings. The summed E-state index contributed by atoms with van der Waals surface area (Å²) in [7, 11) is 0. The third kappa shape index (κ3) is 4.27. The summed E-state index contributed by atoms with van der Waals surface area (Å²) in [5.74, 6) is 0.808. The van der Waals surface area contributed by atoms with E-state index in [9.17, 15) is 4.79 Å². The minimum absolute atomic E-state index is 0.168. The minimum Gasteiger partial charge on any atom is -0.490 e. The first-order valence-corrected chi connectivity index (χ1v) is 10.2. The maximum atomic E-state index is 11.1. The number of carbonyl (C=O) groups is 1. The molecule has 0 aromatic heterocycles. The molecular weight excluding hydrogens is 338 g/mol. The van der Waals surface area contributed by atoms with Crippen molar-refractivity contribution < 1.29 is 14.6 Å². The van der Waals surface area contributed by atoms with Crippen molar-refractivity contribution >= 4 is 16.7 Å².